The Morgan fingerprint density at radius 1 is 1.00 bits per heavy atom. The standard InChI is InChI=1S/C22H30N2O6S2/c1-5-31(26,27)15-13-23-22(25)12-14-24(19-7-9-20(30-4)10-8-19)32(28,29)21-11-6-17(2)18(3)16-21/h6-11,16H,5,12-15H2,1-4H3,(H,23,25). The van der Waals surface area contributed by atoms with Crippen LogP contribution >= 0.6 is 0 Å². The van der Waals surface area contributed by atoms with Gasteiger partial charge in [-0.05, 0) is 61.4 Å². The Labute approximate surface area is 190 Å². The molecule has 0 saturated heterocycles. The molecule has 1 N–H and O–H groups in total. The van der Waals surface area contributed by atoms with Crippen LogP contribution in [0.3, 0.4) is 0 Å². The highest BCUT2D eigenvalue weighted by Crippen LogP contribution is 2.27. The topological polar surface area (TPSA) is 110 Å². The second kappa shape index (κ2) is 10.8. The number of nitrogens with zero attached hydrogens (tertiary/aromatic N) is 1. The number of sulfonamides is 1. The lowest BCUT2D eigenvalue weighted by molar-refractivity contribution is -0.120. The maximum atomic E-state index is 13.4. The lowest BCUT2D eigenvalue weighted by Crippen LogP contribution is -2.36. The van der Waals surface area contributed by atoms with E-state index < -0.39 is 25.8 Å². The number of hydrogen-bond acceptors (Lipinski definition) is 6. The molecular formula is C22H30N2O6S2. The van der Waals surface area contributed by atoms with Gasteiger partial charge in [0.2, 0.25) is 5.91 Å². The Kier molecular flexibility index (Phi) is 8.68. The number of amides is 1. The van der Waals surface area contributed by atoms with Crippen LogP contribution < -0.4 is 14.4 Å². The van der Waals surface area contributed by atoms with E-state index in [-0.39, 0.29) is 35.9 Å². The first-order valence-electron chi connectivity index (χ1n) is 10.2. The highest BCUT2D eigenvalue weighted by Gasteiger charge is 2.26. The van der Waals surface area contributed by atoms with Gasteiger partial charge in [0.1, 0.15) is 5.75 Å². The van der Waals surface area contributed by atoms with Crippen LogP contribution in [0.5, 0.6) is 5.75 Å². The summed E-state index contributed by atoms with van der Waals surface area (Å²) in [5.41, 5.74) is 2.21. The van der Waals surface area contributed by atoms with Crippen LogP contribution in [0.1, 0.15) is 24.5 Å². The summed E-state index contributed by atoms with van der Waals surface area (Å²) in [5.74, 6) is -0.00184. The number of aryl methyl sites for hydroxylation is 2. The summed E-state index contributed by atoms with van der Waals surface area (Å²) in [6, 6.07) is 11.4. The third-order valence-corrected chi connectivity index (χ3v) is 8.67. The van der Waals surface area contributed by atoms with Gasteiger partial charge in [0.25, 0.3) is 10.0 Å². The third-order valence-electron chi connectivity index (χ3n) is 5.14. The normalized spacial score (nSPS) is 11.8. The molecule has 0 atom stereocenters. The van der Waals surface area contributed by atoms with Gasteiger partial charge in [0, 0.05) is 25.3 Å². The summed E-state index contributed by atoms with van der Waals surface area (Å²) >= 11 is 0. The highest BCUT2D eigenvalue weighted by molar-refractivity contribution is 7.92. The summed E-state index contributed by atoms with van der Waals surface area (Å²) in [4.78, 5) is 12.4. The number of nitrogens with one attached hydrogen (secondary N) is 1. The van der Waals surface area contributed by atoms with Gasteiger partial charge in [-0.2, -0.15) is 0 Å². The smallest absolute Gasteiger partial charge is 0.264 e. The van der Waals surface area contributed by atoms with Gasteiger partial charge in [-0.15, -0.1) is 0 Å². The van der Waals surface area contributed by atoms with Gasteiger partial charge in [0.05, 0.1) is 23.4 Å². The van der Waals surface area contributed by atoms with E-state index >= 15 is 0 Å². The van der Waals surface area contributed by atoms with E-state index in [9.17, 15) is 21.6 Å². The zero-order valence-corrected chi connectivity index (χ0v) is 20.4. The van der Waals surface area contributed by atoms with E-state index in [1.807, 2.05) is 13.8 Å². The molecule has 10 heteroatoms. The number of ether oxygens (including phenoxy) is 1. The van der Waals surface area contributed by atoms with Crippen molar-refractivity contribution < 1.29 is 26.4 Å². The van der Waals surface area contributed by atoms with Crippen LogP contribution in [-0.2, 0) is 24.7 Å². The minimum absolute atomic E-state index is 0.00231. The Bertz CT molecular complexity index is 1140. The molecule has 0 unspecified atom stereocenters. The van der Waals surface area contributed by atoms with Crippen LogP contribution in [-0.4, -0.2) is 54.4 Å². The molecule has 2 aromatic rings. The van der Waals surface area contributed by atoms with Crippen LogP contribution in [0.2, 0.25) is 0 Å². The molecule has 32 heavy (non-hydrogen) atoms. The Morgan fingerprint density at radius 2 is 1.66 bits per heavy atom. The quantitative estimate of drug-likeness (QED) is 0.527. The number of benzene rings is 2. The van der Waals surface area contributed by atoms with Crippen molar-refractivity contribution in [3.63, 3.8) is 0 Å². The molecule has 0 aliphatic carbocycles. The number of methoxy groups -OCH3 is 1. The van der Waals surface area contributed by atoms with E-state index in [1.54, 1.807) is 49.4 Å². The Hall–Kier alpha value is -2.59. The molecule has 0 aliphatic rings. The third kappa shape index (κ3) is 6.70. The SMILES string of the molecule is CCS(=O)(=O)CCNC(=O)CCN(c1ccc(OC)cc1)S(=O)(=O)c1ccc(C)c(C)c1. The number of carbonyl (C=O) groups is 1. The van der Waals surface area contributed by atoms with Gasteiger partial charge >= 0.3 is 0 Å². The molecule has 0 radical (unpaired) electrons. The minimum atomic E-state index is -3.94. The number of hydrogen-bond donors (Lipinski definition) is 1. The highest BCUT2D eigenvalue weighted by atomic mass is 32.2. The van der Waals surface area contributed by atoms with Crippen LogP contribution in [0.25, 0.3) is 0 Å². The van der Waals surface area contributed by atoms with E-state index in [0.717, 1.165) is 11.1 Å². The monoisotopic (exact) mass is 482 g/mol. The Morgan fingerprint density at radius 3 is 2.22 bits per heavy atom. The van der Waals surface area contributed by atoms with Crippen molar-refractivity contribution >= 4 is 31.5 Å². The summed E-state index contributed by atoms with van der Waals surface area (Å²) in [6.07, 6.45) is -0.123. The fourth-order valence-electron chi connectivity index (χ4n) is 2.92. The molecule has 2 rings (SSSR count). The molecule has 0 aromatic heterocycles. The molecule has 0 heterocycles. The van der Waals surface area contributed by atoms with Crippen molar-refractivity contribution in [1.82, 2.24) is 5.32 Å². The first kappa shape index (κ1) is 25.7. The summed E-state index contributed by atoms with van der Waals surface area (Å²) in [7, 11) is -5.62. The molecule has 176 valence electrons. The molecule has 1 amide bonds. The van der Waals surface area contributed by atoms with Crippen molar-refractivity contribution in [3.8, 4) is 5.75 Å². The molecular weight excluding hydrogens is 452 g/mol. The first-order valence-corrected chi connectivity index (χ1v) is 13.5. The maximum Gasteiger partial charge on any atom is 0.264 e. The number of carbonyl (C=O) groups excluding carboxylic acids is 1. The number of anilines is 1. The van der Waals surface area contributed by atoms with Crippen molar-refractivity contribution in [1.29, 1.82) is 0 Å². The zero-order chi connectivity index (χ0) is 23.9. The molecule has 0 bridgehead atoms. The predicted molar refractivity (Wildman–Crippen MR) is 125 cm³/mol. The fourth-order valence-corrected chi connectivity index (χ4v) is 5.17. The van der Waals surface area contributed by atoms with E-state index in [0.29, 0.717) is 11.4 Å². The molecule has 0 fully saturated rings. The molecule has 0 saturated carbocycles. The molecule has 8 nitrogen and oxygen atoms in total. The van der Waals surface area contributed by atoms with Crippen LogP contribution in [0.4, 0.5) is 5.69 Å². The van der Waals surface area contributed by atoms with E-state index in [4.69, 9.17) is 4.74 Å². The average molecular weight is 483 g/mol. The second-order valence-corrected chi connectivity index (χ2v) is 11.7. The van der Waals surface area contributed by atoms with E-state index in [1.165, 1.54) is 11.4 Å². The van der Waals surface area contributed by atoms with Crippen LogP contribution in [0, 0.1) is 13.8 Å². The van der Waals surface area contributed by atoms with Crippen molar-refractivity contribution in [2.24, 2.45) is 0 Å². The fraction of sp³-hybridized carbons (Fsp3) is 0.409. The van der Waals surface area contributed by atoms with Gasteiger partial charge in [-0.3, -0.25) is 9.10 Å². The van der Waals surface area contributed by atoms with Crippen LogP contribution in [0.15, 0.2) is 47.4 Å². The first-order chi connectivity index (χ1) is 15.0. The minimum Gasteiger partial charge on any atom is -0.497 e. The van der Waals surface area contributed by atoms with Gasteiger partial charge in [-0.25, -0.2) is 16.8 Å². The summed E-state index contributed by atoms with van der Waals surface area (Å²) in [5, 5.41) is 2.55. The Balaban J connectivity index is 2.24. The lowest BCUT2D eigenvalue weighted by Gasteiger charge is -2.25. The molecule has 0 aliphatic heterocycles. The molecule has 2 aromatic carbocycles. The second-order valence-electron chi connectivity index (χ2n) is 7.36. The largest absolute Gasteiger partial charge is 0.497 e. The predicted octanol–water partition coefficient (Wildman–Crippen LogP) is 2.45. The van der Waals surface area contributed by atoms with E-state index in [2.05, 4.69) is 5.32 Å². The van der Waals surface area contributed by atoms with Gasteiger partial charge in [-0.1, -0.05) is 13.0 Å². The van der Waals surface area contributed by atoms with Gasteiger partial charge < -0.3 is 10.1 Å². The van der Waals surface area contributed by atoms with Crippen molar-refractivity contribution in [2.45, 2.75) is 32.1 Å². The zero-order valence-electron chi connectivity index (χ0n) is 18.8. The van der Waals surface area contributed by atoms with Gasteiger partial charge in [0.15, 0.2) is 9.84 Å². The van der Waals surface area contributed by atoms with Crippen molar-refractivity contribution in [2.75, 3.05) is 36.0 Å². The lowest BCUT2D eigenvalue weighted by atomic mass is 10.1. The number of sulfone groups is 1. The average Bonchev–Trinajstić information content (AvgIpc) is 2.75. The maximum absolute atomic E-state index is 13.4. The summed E-state index contributed by atoms with van der Waals surface area (Å²) < 4.78 is 56.3. The number of rotatable bonds is 11. The summed E-state index contributed by atoms with van der Waals surface area (Å²) in [6.45, 7) is 5.16. The molecule has 0 spiro atoms. The van der Waals surface area contributed by atoms with Crippen molar-refractivity contribution in [3.05, 3.63) is 53.6 Å².